The predicted molar refractivity (Wildman–Crippen MR) is 99.1 cm³/mol. The van der Waals surface area contributed by atoms with Gasteiger partial charge in [-0.05, 0) is 39.8 Å². The molecular formula is C19H25N3OS. The molecule has 1 aliphatic heterocycles. The third-order valence-electron chi connectivity index (χ3n) is 4.59. The number of nitrogens with zero attached hydrogens (tertiary/aromatic N) is 2. The zero-order valence-electron chi connectivity index (χ0n) is 14.4. The summed E-state index contributed by atoms with van der Waals surface area (Å²) in [6.07, 6.45) is 2.87. The van der Waals surface area contributed by atoms with E-state index in [1.54, 1.807) is 11.3 Å². The van der Waals surface area contributed by atoms with Gasteiger partial charge in [-0.2, -0.15) is 0 Å². The third-order valence-corrected chi connectivity index (χ3v) is 5.53. The minimum atomic E-state index is 0.0173. The summed E-state index contributed by atoms with van der Waals surface area (Å²) in [6, 6.07) is 10.1. The summed E-state index contributed by atoms with van der Waals surface area (Å²) in [4.78, 5) is 19.3. The molecule has 1 aliphatic rings. The highest BCUT2D eigenvalue weighted by atomic mass is 32.1. The summed E-state index contributed by atoms with van der Waals surface area (Å²) in [7, 11) is 0. The van der Waals surface area contributed by atoms with Crippen LogP contribution < -0.4 is 5.32 Å². The Balaban J connectivity index is 1.53. The van der Waals surface area contributed by atoms with E-state index in [-0.39, 0.29) is 11.4 Å². The van der Waals surface area contributed by atoms with Crippen molar-refractivity contribution < 1.29 is 4.79 Å². The summed E-state index contributed by atoms with van der Waals surface area (Å²) >= 11 is 1.59. The number of carbonyl (C=O) groups excluding carboxylic acids is 1. The molecule has 24 heavy (non-hydrogen) atoms. The maximum atomic E-state index is 12.3. The summed E-state index contributed by atoms with van der Waals surface area (Å²) in [5.41, 5.74) is 1.96. The van der Waals surface area contributed by atoms with Gasteiger partial charge in [-0.15, -0.1) is 11.3 Å². The average Bonchev–Trinajstić information content (AvgIpc) is 3.26. The van der Waals surface area contributed by atoms with Crippen LogP contribution in [0.5, 0.6) is 0 Å². The first-order valence-electron chi connectivity index (χ1n) is 8.56. The van der Waals surface area contributed by atoms with Gasteiger partial charge in [0.15, 0.2) is 0 Å². The highest BCUT2D eigenvalue weighted by Crippen LogP contribution is 2.23. The van der Waals surface area contributed by atoms with Crippen LogP contribution in [-0.2, 0) is 11.2 Å². The van der Waals surface area contributed by atoms with E-state index in [9.17, 15) is 4.79 Å². The predicted octanol–water partition coefficient (Wildman–Crippen LogP) is 3.34. The van der Waals surface area contributed by atoms with Crippen molar-refractivity contribution in [3.8, 4) is 10.6 Å². The quantitative estimate of drug-likeness (QED) is 0.875. The Morgan fingerprint density at radius 1 is 1.25 bits per heavy atom. The Hall–Kier alpha value is -1.72. The topological polar surface area (TPSA) is 45.2 Å². The second kappa shape index (κ2) is 7.45. The molecular weight excluding hydrogens is 318 g/mol. The van der Waals surface area contributed by atoms with E-state index in [4.69, 9.17) is 0 Å². The molecule has 5 heteroatoms. The summed E-state index contributed by atoms with van der Waals surface area (Å²) in [5, 5.41) is 6.03. The molecule has 1 saturated heterocycles. The lowest BCUT2D eigenvalue weighted by Crippen LogP contribution is -2.50. The van der Waals surface area contributed by atoms with Crippen LogP contribution in [0.3, 0.4) is 0 Å². The zero-order chi connectivity index (χ0) is 17.0. The molecule has 0 spiro atoms. The lowest BCUT2D eigenvalue weighted by atomic mass is 10.0. The first-order valence-corrected chi connectivity index (χ1v) is 9.44. The molecule has 0 saturated carbocycles. The van der Waals surface area contributed by atoms with E-state index in [0.717, 1.165) is 29.4 Å². The summed E-state index contributed by atoms with van der Waals surface area (Å²) in [5.74, 6) is 0.0483. The smallest absolute Gasteiger partial charge is 0.226 e. The van der Waals surface area contributed by atoms with Gasteiger partial charge >= 0.3 is 0 Å². The van der Waals surface area contributed by atoms with E-state index < -0.39 is 0 Å². The van der Waals surface area contributed by atoms with Crippen molar-refractivity contribution in [3.63, 3.8) is 0 Å². The molecule has 0 unspecified atom stereocenters. The summed E-state index contributed by atoms with van der Waals surface area (Å²) in [6.45, 7) is 7.36. The van der Waals surface area contributed by atoms with Crippen LogP contribution in [0.25, 0.3) is 10.6 Å². The van der Waals surface area contributed by atoms with Gasteiger partial charge in [0, 0.05) is 23.0 Å². The number of hydrogen-bond donors (Lipinski definition) is 1. The molecule has 1 aromatic carbocycles. The number of hydrogen-bond acceptors (Lipinski definition) is 4. The Morgan fingerprint density at radius 3 is 2.67 bits per heavy atom. The van der Waals surface area contributed by atoms with Crippen molar-refractivity contribution in [2.75, 3.05) is 19.6 Å². The van der Waals surface area contributed by atoms with Crippen LogP contribution in [-0.4, -0.2) is 41.0 Å². The monoisotopic (exact) mass is 343 g/mol. The van der Waals surface area contributed by atoms with Crippen LogP contribution in [0.4, 0.5) is 0 Å². The SMILES string of the molecule is CC(C)(CNC(=O)Cc1csc(-c2ccccc2)n1)N1CCCC1. The number of carbonyl (C=O) groups is 1. The van der Waals surface area contributed by atoms with Gasteiger partial charge in [0.1, 0.15) is 5.01 Å². The van der Waals surface area contributed by atoms with Gasteiger partial charge in [-0.3, -0.25) is 9.69 Å². The third kappa shape index (κ3) is 4.22. The Bertz CT molecular complexity index is 675. The van der Waals surface area contributed by atoms with E-state index in [1.807, 2.05) is 35.7 Å². The second-order valence-electron chi connectivity index (χ2n) is 6.97. The molecule has 2 heterocycles. The van der Waals surface area contributed by atoms with Crippen molar-refractivity contribution in [2.24, 2.45) is 0 Å². The minimum Gasteiger partial charge on any atom is -0.354 e. The number of likely N-dealkylation sites (tertiary alicyclic amines) is 1. The molecule has 1 fully saturated rings. The van der Waals surface area contributed by atoms with Crippen LogP contribution in [0, 0.1) is 0 Å². The standard InChI is InChI=1S/C19H25N3OS/c1-19(2,22-10-6-7-11-22)14-20-17(23)12-16-13-24-18(21-16)15-8-4-3-5-9-15/h3-5,8-9,13H,6-7,10-12,14H2,1-2H3,(H,20,23). The molecule has 1 aromatic heterocycles. The molecule has 128 valence electrons. The summed E-state index contributed by atoms with van der Waals surface area (Å²) < 4.78 is 0. The normalized spacial score (nSPS) is 15.6. The number of thiazole rings is 1. The lowest BCUT2D eigenvalue weighted by molar-refractivity contribution is -0.121. The van der Waals surface area contributed by atoms with Crippen molar-refractivity contribution >= 4 is 17.2 Å². The number of aromatic nitrogens is 1. The van der Waals surface area contributed by atoms with Crippen molar-refractivity contribution in [3.05, 3.63) is 41.4 Å². The van der Waals surface area contributed by atoms with Gasteiger partial charge in [-0.1, -0.05) is 30.3 Å². The van der Waals surface area contributed by atoms with Crippen LogP contribution in [0.15, 0.2) is 35.7 Å². The van der Waals surface area contributed by atoms with Crippen LogP contribution in [0.1, 0.15) is 32.4 Å². The van der Waals surface area contributed by atoms with Crippen molar-refractivity contribution in [1.82, 2.24) is 15.2 Å². The number of rotatable bonds is 6. The fourth-order valence-electron chi connectivity index (χ4n) is 3.08. The molecule has 0 bridgehead atoms. The van der Waals surface area contributed by atoms with Crippen molar-refractivity contribution in [2.45, 2.75) is 38.6 Å². The molecule has 1 amide bonds. The number of benzene rings is 1. The largest absolute Gasteiger partial charge is 0.354 e. The highest BCUT2D eigenvalue weighted by Gasteiger charge is 2.29. The molecule has 0 aliphatic carbocycles. The Kier molecular flexibility index (Phi) is 5.31. The molecule has 0 radical (unpaired) electrons. The van der Waals surface area contributed by atoms with Crippen LogP contribution in [0.2, 0.25) is 0 Å². The van der Waals surface area contributed by atoms with E-state index in [0.29, 0.717) is 13.0 Å². The second-order valence-corrected chi connectivity index (χ2v) is 7.83. The first kappa shape index (κ1) is 17.1. The average molecular weight is 343 g/mol. The van der Waals surface area contributed by atoms with E-state index >= 15 is 0 Å². The molecule has 2 aromatic rings. The van der Waals surface area contributed by atoms with Gasteiger partial charge < -0.3 is 5.32 Å². The Labute approximate surface area is 147 Å². The minimum absolute atomic E-state index is 0.0173. The van der Waals surface area contributed by atoms with Crippen LogP contribution >= 0.6 is 11.3 Å². The Morgan fingerprint density at radius 2 is 1.96 bits per heavy atom. The number of amides is 1. The van der Waals surface area contributed by atoms with Gasteiger partial charge in [0.25, 0.3) is 0 Å². The fourth-order valence-corrected chi connectivity index (χ4v) is 3.90. The highest BCUT2D eigenvalue weighted by molar-refractivity contribution is 7.13. The first-order chi connectivity index (χ1) is 11.5. The maximum absolute atomic E-state index is 12.3. The zero-order valence-corrected chi connectivity index (χ0v) is 15.2. The molecule has 1 N–H and O–H groups in total. The maximum Gasteiger partial charge on any atom is 0.226 e. The van der Waals surface area contributed by atoms with Gasteiger partial charge in [-0.25, -0.2) is 4.98 Å². The fraction of sp³-hybridized carbons (Fsp3) is 0.474. The van der Waals surface area contributed by atoms with Crippen molar-refractivity contribution in [1.29, 1.82) is 0 Å². The van der Waals surface area contributed by atoms with E-state index in [1.165, 1.54) is 12.8 Å². The molecule has 4 nitrogen and oxygen atoms in total. The number of nitrogens with one attached hydrogen (secondary N) is 1. The van der Waals surface area contributed by atoms with E-state index in [2.05, 4.69) is 29.0 Å². The van der Waals surface area contributed by atoms with Gasteiger partial charge in [0.2, 0.25) is 5.91 Å². The molecule has 3 rings (SSSR count). The lowest BCUT2D eigenvalue weighted by Gasteiger charge is -2.35. The molecule has 0 atom stereocenters. The van der Waals surface area contributed by atoms with Gasteiger partial charge in [0.05, 0.1) is 12.1 Å².